The van der Waals surface area contributed by atoms with E-state index in [0.29, 0.717) is 6.61 Å². The summed E-state index contributed by atoms with van der Waals surface area (Å²) in [5, 5.41) is 15.3. The summed E-state index contributed by atoms with van der Waals surface area (Å²) in [7, 11) is 0. The van der Waals surface area contributed by atoms with Gasteiger partial charge in [0.25, 0.3) is 10.4 Å². The van der Waals surface area contributed by atoms with Crippen LogP contribution in [0.5, 0.6) is 0 Å². The van der Waals surface area contributed by atoms with E-state index in [0.717, 1.165) is 0 Å². The molecule has 0 saturated carbocycles. The summed E-state index contributed by atoms with van der Waals surface area (Å²) in [4.78, 5) is 28.3. The molecule has 1 amide bonds. The molecule has 8 nitrogen and oxygen atoms in total. The van der Waals surface area contributed by atoms with Gasteiger partial charge in [0, 0.05) is 11.1 Å². The lowest BCUT2D eigenvalue weighted by atomic mass is 10.4. The van der Waals surface area contributed by atoms with Crippen molar-refractivity contribution in [2.45, 2.75) is 20.8 Å². The van der Waals surface area contributed by atoms with Crippen LogP contribution in [0.1, 0.15) is 20.8 Å². The first-order valence-electron chi connectivity index (χ1n) is 5.47. The van der Waals surface area contributed by atoms with Crippen molar-refractivity contribution in [1.82, 2.24) is 0 Å². The number of thiol groups is 1. The third-order valence-electron chi connectivity index (χ3n) is 1.02. The standard InChI is InChI=1S/2C4H6O2.C3H7NOS.CH3NOS/c2*1-3(2)4(5)6;1-2-5-3(4)6;2-1(3)4/h2*1H2,2H3,(H,5,6);2H2,1H3,(H2,4,6);(H3,2,3,4). The van der Waals surface area contributed by atoms with Crippen LogP contribution >= 0.6 is 24.8 Å². The number of carboxylic acid groups (broad SMARTS) is 2. The summed E-state index contributed by atoms with van der Waals surface area (Å²) in [6.07, 6.45) is 0. The van der Waals surface area contributed by atoms with E-state index in [1.165, 1.54) is 13.8 Å². The van der Waals surface area contributed by atoms with Crippen molar-refractivity contribution in [2.75, 3.05) is 6.61 Å². The molecule has 0 unspecified atom stereocenters. The number of amides is 1. The van der Waals surface area contributed by atoms with Gasteiger partial charge in [-0.3, -0.25) is 4.79 Å². The van der Waals surface area contributed by atoms with Gasteiger partial charge in [-0.25, -0.2) is 9.59 Å². The van der Waals surface area contributed by atoms with Crippen LogP contribution in [-0.4, -0.2) is 39.2 Å². The summed E-state index contributed by atoms with van der Waals surface area (Å²) < 4.78 is 4.55. The molecule has 128 valence electrons. The average Bonchev–Trinajstić information content (AvgIpc) is 2.28. The second kappa shape index (κ2) is 18.9. The Balaban J connectivity index is -0.0000000994. The quantitative estimate of drug-likeness (QED) is 0.291. The molecule has 0 aliphatic rings. The van der Waals surface area contributed by atoms with Gasteiger partial charge in [0.2, 0.25) is 0 Å². The van der Waals surface area contributed by atoms with E-state index in [9.17, 15) is 9.59 Å². The van der Waals surface area contributed by atoms with Crippen LogP contribution in [0.3, 0.4) is 0 Å². The van der Waals surface area contributed by atoms with Gasteiger partial charge in [-0.05, 0) is 33.0 Å². The molecule has 0 aliphatic carbocycles. The fourth-order valence-electron chi connectivity index (χ4n) is 0.142. The Bertz CT molecular complexity index is 358. The highest BCUT2D eigenvalue weighted by molar-refractivity contribution is 7.96. The van der Waals surface area contributed by atoms with E-state index in [1.807, 2.05) is 6.92 Å². The maximum atomic E-state index is 9.60. The number of carbonyl (C=O) groups excluding carboxylic acids is 1. The lowest BCUT2D eigenvalue weighted by Crippen LogP contribution is -2.11. The number of hydrogen-bond donors (Lipinski definition) is 5. The van der Waals surface area contributed by atoms with Crippen molar-refractivity contribution in [3.63, 3.8) is 0 Å². The Morgan fingerprint density at radius 3 is 1.27 bits per heavy atom. The van der Waals surface area contributed by atoms with Gasteiger partial charge in [-0.1, -0.05) is 25.8 Å². The molecular formula is C12H22N2O6S2. The normalized spacial score (nSPS) is 7.27. The number of aliphatic carboxylic acids is 2. The molecule has 0 fully saturated rings. The fourth-order valence-corrected chi connectivity index (χ4v) is 0.260. The number of ether oxygens (including phenoxy) is 1. The maximum absolute atomic E-state index is 9.60. The molecule has 0 rings (SSSR count). The molecule has 0 heterocycles. The number of thiocarbonyl (C=S) groups is 1. The zero-order chi connectivity index (χ0) is 18.9. The SMILES string of the molecule is C=C(C)C(=O)O.C=C(C)C(=O)O.CCOC(N)=S.NC(=O)S. The average molecular weight is 354 g/mol. The Labute approximate surface area is 140 Å². The van der Waals surface area contributed by atoms with E-state index < -0.39 is 17.2 Å². The molecule has 0 aliphatic heterocycles. The topological polar surface area (TPSA) is 153 Å². The minimum atomic E-state index is -0.935. The van der Waals surface area contributed by atoms with Crippen molar-refractivity contribution in [3.8, 4) is 0 Å². The van der Waals surface area contributed by atoms with Gasteiger partial charge >= 0.3 is 11.9 Å². The van der Waals surface area contributed by atoms with Crippen LogP contribution in [0.2, 0.25) is 0 Å². The van der Waals surface area contributed by atoms with Gasteiger partial charge in [-0.15, -0.1) is 0 Å². The molecule has 0 aromatic heterocycles. The van der Waals surface area contributed by atoms with Gasteiger partial charge in [0.05, 0.1) is 6.61 Å². The molecule has 22 heavy (non-hydrogen) atoms. The predicted octanol–water partition coefficient (Wildman–Crippen LogP) is 1.56. The lowest BCUT2D eigenvalue weighted by Gasteiger charge is -1.93. The van der Waals surface area contributed by atoms with Crippen molar-refractivity contribution in [3.05, 3.63) is 24.3 Å². The Morgan fingerprint density at radius 2 is 1.27 bits per heavy atom. The van der Waals surface area contributed by atoms with Crippen LogP contribution < -0.4 is 11.5 Å². The molecule has 0 atom stereocenters. The Morgan fingerprint density at radius 1 is 1.09 bits per heavy atom. The summed E-state index contributed by atoms with van der Waals surface area (Å²) in [5.74, 6) is -1.87. The van der Waals surface area contributed by atoms with Crippen molar-refractivity contribution >= 4 is 47.2 Å². The molecule has 0 bridgehead atoms. The Hall–Kier alpha value is -2.07. The van der Waals surface area contributed by atoms with Gasteiger partial charge < -0.3 is 26.4 Å². The zero-order valence-electron chi connectivity index (χ0n) is 12.7. The van der Waals surface area contributed by atoms with Crippen molar-refractivity contribution < 1.29 is 29.3 Å². The van der Waals surface area contributed by atoms with Crippen LogP contribution in [0.25, 0.3) is 0 Å². The van der Waals surface area contributed by atoms with Crippen LogP contribution in [0, 0.1) is 0 Å². The molecule has 10 heteroatoms. The summed E-state index contributed by atoms with van der Waals surface area (Å²) in [6.45, 7) is 11.6. The second-order valence-corrected chi connectivity index (χ2v) is 4.10. The fraction of sp³-hybridized carbons (Fsp3) is 0.333. The van der Waals surface area contributed by atoms with Gasteiger partial charge in [-0.2, -0.15) is 0 Å². The molecule has 0 aromatic rings. The summed E-state index contributed by atoms with van der Waals surface area (Å²) in [5.41, 5.74) is 9.60. The zero-order valence-corrected chi connectivity index (χ0v) is 14.4. The summed E-state index contributed by atoms with van der Waals surface area (Å²) >= 11 is 7.46. The molecule has 0 spiro atoms. The number of carbonyl (C=O) groups is 3. The molecule has 0 saturated heterocycles. The minimum absolute atomic E-state index is 0.123. The highest BCUT2D eigenvalue weighted by Gasteiger charge is 1.90. The number of hydrogen-bond acceptors (Lipinski definition) is 5. The second-order valence-electron chi connectivity index (χ2n) is 3.26. The first-order chi connectivity index (χ1) is 9.79. The van der Waals surface area contributed by atoms with Crippen LogP contribution in [0.15, 0.2) is 24.3 Å². The van der Waals surface area contributed by atoms with Gasteiger partial charge in [0.1, 0.15) is 0 Å². The number of carboxylic acids is 2. The number of nitrogens with two attached hydrogens (primary N) is 2. The predicted molar refractivity (Wildman–Crippen MR) is 91.9 cm³/mol. The lowest BCUT2D eigenvalue weighted by molar-refractivity contribution is -0.133. The van der Waals surface area contributed by atoms with Gasteiger partial charge in [0.15, 0.2) is 0 Å². The van der Waals surface area contributed by atoms with E-state index >= 15 is 0 Å². The molecular weight excluding hydrogens is 332 g/mol. The number of primary amides is 1. The first-order valence-corrected chi connectivity index (χ1v) is 6.33. The minimum Gasteiger partial charge on any atom is -0.478 e. The smallest absolute Gasteiger partial charge is 0.330 e. The highest BCUT2D eigenvalue weighted by Crippen LogP contribution is 1.81. The third kappa shape index (κ3) is 64.4. The highest BCUT2D eigenvalue weighted by atomic mass is 32.1. The molecule has 0 aromatic carbocycles. The number of rotatable bonds is 3. The third-order valence-corrected chi connectivity index (χ3v) is 1.13. The Kier molecular flexibility index (Phi) is 24.2. The van der Waals surface area contributed by atoms with E-state index in [4.69, 9.17) is 20.7 Å². The largest absolute Gasteiger partial charge is 0.478 e. The molecule has 6 N–H and O–H groups in total. The van der Waals surface area contributed by atoms with Crippen LogP contribution in [-0.2, 0) is 14.3 Å². The monoisotopic (exact) mass is 354 g/mol. The molecule has 0 radical (unpaired) electrons. The van der Waals surface area contributed by atoms with E-state index in [1.54, 1.807) is 0 Å². The van der Waals surface area contributed by atoms with Crippen LogP contribution in [0.4, 0.5) is 4.79 Å². The van der Waals surface area contributed by atoms with E-state index in [-0.39, 0.29) is 16.3 Å². The van der Waals surface area contributed by atoms with Crippen molar-refractivity contribution in [1.29, 1.82) is 0 Å². The maximum Gasteiger partial charge on any atom is 0.330 e. The van der Waals surface area contributed by atoms with Crippen molar-refractivity contribution in [2.24, 2.45) is 11.5 Å². The first kappa shape index (κ1) is 28.1. The summed E-state index contributed by atoms with van der Waals surface area (Å²) in [6, 6.07) is 0. The van der Waals surface area contributed by atoms with E-state index in [2.05, 4.69) is 48.5 Å².